The Morgan fingerprint density at radius 1 is 1.40 bits per heavy atom. The smallest absolute Gasteiger partial charge is 0.303 e. The number of phenolic OH excluding ortho intramolecular Hbond substituents is 1. The van der Waals surface area contributed by atoms with Crippen LogP contribution in [-0.4, -0.2) is 35.7 Å². The Balaban J connectivity index is 2.52. The number of carbonyl (C=O) groups is 2. The second kappa shape index (κ2) is 7.37. The zero-order valence-electron chi connectivity index (χ0n) is 11.5. The van der Waals surface area contributed by atoms with Gasteiger partial charge in [-0.3, -0.25) is 9.59 Å². The van der Waals surface area contributed by atoms with Gasteiger partial charge in [-0.05, 0) is 24.5 Å². The van der Waals surface area contributed by atoms with Crippen LogP contribution in [0.3, 0.4) is 0 Å². The maximum atomic E-state index is 11.9. The van der Waals surface area contributed by atoms with E-state index in [0.717, 1.165) is 0 Å². The first-order valence-electron chi connectivity index (χ1n) is 6.31. The fourth-order valence-electron chi connectivity index (χ4n) is 1.66. The number of nitrogens with one attached hydrogen (secondary N) is 1. The summed E-state index contributed by atoms with van der Waals surface area (Å²) < 4.78 is 4.93. The summed E-state index contributed by atoms with van der Waals surface area (Å²) in [6.07, 6.45) is 0.565. The molecule has 0 heterocycles. The molecule has 6 heteroatoms. The molecule has 0 aromatic heterocycles. The molecule has 3 N–H and O–H groups in total. The Hall–Kier alpha value is -2.24. The average Bonchev–Trinajstić information content (AvgIpc) is 2.42. The van der Waals surface area contributed by atoms with Crippen LogP contribution in [0.25, 0.3) is 0 Å². The summed E-state index contributed by atoms with van der Waals surface area (Å²) in [6.45, 7) is 2.22. The number of methoxy groups -OCH3 is 1. The number of phenols is 1. The van der Waals surface area contributed by atoms with Gasteiger partial charge in [0.05, 0.1) is 12.7 Å². The number of rotatable bonds is 7. The van der Waals surface area contributed by atoms with Crippen molar-refractivity contribution in [1.82, 2.24) is 5.32 Å². The highest BCUT2D eigenvalue weighted by Crippen LogP contribution is 2.23. The first kappa shape index (κ1) is 15.8. The van der Waals surface area contributed by atoms with Crippen molar-refractivity contribution in [3.8, 4) is 11.5 Å². The fraction of sp³-hybridized carbons (Fsp3) is 0.429. The largest absolute Gasteiger partial charge is 0.507 e. The van der Waals surface area contributed by atoms with Gasteiger partial charge in [0.15, 0.2) is 0 Å². The summed E-state index contributed by atoms with van der Waals surface area (Å²) in [5, 5.41) is 21.0. The van der Waals surface area contributed by atoms with E-state index in [-0.39, 0.29) is 23.7 Å². The van der Waals surface area contributed by atoms with Crippen molar-refractivity contribution >= 4 is 11.9 Å². The van der Waals surface area contributed by atoms with E-state index >= 15 is 0 Å². The molecule has 1 aromatic rings. The third kappa shape index (κ3) is 4.79. The molecule has 1 unspecified atom stereocenters. The number of aliphatic carboxylic acids is 1. The predicted octanol–water partition coefficient (Wildman–Crippen LogP) is 1.63. The Morgan fingerprint density at radius 2 is 2.10 bits per heavy atom. The Labute approximate surface area is 117 Å². The number of hydrogen-bond acceptors (Lipinski definition) is 4. The lowest BCUT2D eigenvalue weighted by molar-refractivity contribution is -0.137. The van der Waals surface area contributed by atoms with Gasteiger partial charge in [0.2, 0.25) is 0 Å². The quantitative estimate of drug-likeness (QED) is 0.706. The van der Waals surface area contributed by atoms with E-state index in [1.807, 2.05) is 6.92 Å². The Bertz CT molecular complexity index is 486. The van der Waals surface area contributed by atoms with Crippen molar-refractivity contribution in [2.75, 3.05) is 13.7 Å². The molecule has 1 atom stereocenters. The van der Waals surface area contributed by atoms with Gasteiger partial charge in [-0.15, -0.1) is 0 Å². The zero-order chi connectivity index (χ0) is 15.1. The van der Waals surface area contributed by atoms with E-state index in [1.54, 1.807) is 6.07 Å². The van der Waals surface area contributed by atoms with Crippen LogP contribution in [0.15, 0.2) is 18.2 Å². The maximum Gasteiger partial charge on any atom is 0.303 e. The lowest BCUT2D eigenvalue weighted by atomic mass is 10.1. The number of carbonyl (C=O) groups excluding carboxylic acids is 1. The second-order valence-corrected chi connectivity index (χ2v) is 4.63. The highest BCUT2D eigenvalue weighted by atomic mass is 16.5. The third-order valence-electron chi connectivity index (χ3n) is 2.91. The number of aromatic hydroxyl groups is 1. The van der Waals surface area contributed by atoms with Crippen LogP contribution in [0.2, 0.25) is 0 Å². The summed E-state index contributed by atoms with van der Waals surface area (Å²) >= 11 is 0. The number of amides is 1. The molecule has 0 fully saturated rings. The van der Waals surface area contributed by atoms with Crippen molar-refractivity contribution in [2.24, 2.45) is 5.92 Å². The number of benzene rings is 1. The number of carboxylic acids is 1. The number of carboxylic acid groups (broad SMARTS) is 1. The van der Waals surface area contributed by atoms with Gasteiger partial charge in [0.1, 0.15) is 11.5 Å². The minimum atomic E-state index is -0.851. The topological polar surface area (TPSA) is 95.9 Å². The van der Waals surface area contributed by atoms with E-state index in [2.05, 4.69) is 5.32 Å². The lowest BCUT2D eigenvalue weighted by Gasteiger charge is -2.12. The molecule has 0 bridgehead atoms. The summed E-state index contributed by atoms with van der Waals surface area (Å²) in [4.78, 5) is 22.3. The Kier molecular flexibility index (Phi) is 5.83. The van der Waals surface area contributed by atoms with E-state index in [0.29, 0.717) is 18.7 Å². The summed E-state index contributed by atoms with van der Waals surface area (Å²) in [5.41, 5.74) is 0.163. The highest BCUT2D eigenvalue weighted by Gasteiger charge is 2.13. The predicted molar refractivity (Wildman–Crippen MR) is 73.0 cm³/mol. The molecule has 0 spiro atoms. The van der Waals surface area contributed by atoms with Crippen molar-refractivity contribution < 1.29 is 24.5 Å². The van der Waals surface area contributed by atoms with Crippen LogP contribution in [-0.2, 0) is 4.79 Å². The van der Waals surface area contributed by atoms with Gasteiger partial charge in [-0.2, -0.15) is 0 Å². The van der Waals surface area contributed by atoms with E-state index < -0.39 is 11.9 Å². The van der Waals surface area contributed by atoms with Crippen LogP contribution in [0.1, 0.15) is 30.1 Å². The molecule has 110 valence electrons. The molecular weight excluding hydrogens is 262 g/mol. The molecule has 0 aliphatic carbocycles. The molecule has 0 saturated heterocycles. The van der Waals surface area contributed by atoms with Crippen molar-refractivity contribution in [3.05, 3.63) is 23.8 Å². The second-order valence-electron chi connectivity index (χ2n) is 4.63. The van der Waals surface area contributed by atoms with Gasteiger partial charge >= 0.3 is 5.97 Å². The van der Waals surface area contributed by atoms with E-state index in [4.69, 9.17) is 9.84 Å². The molecule has 1 amide bonds. The number of ether oxygens (including phenoxy) is 1. The summed E-state index contributed by atoms with van der Waals surface area (Å²) in [5.74, 6) is -0.882. The average molecular weight is 281 g/mol. The van der Waals surface area contributed by atoms with Crippen molar-refractivity contribution in [2.45, 2.75) is 19.8 Å². The monoisotopic (exact) mass is 281 g/mol. The Morgan fingerprint density at radius 3 is 2.65 bits per heavy atom. The molecule has 1 aromatic carbocycles. The highest BCUT2D eigenvalue weighted by molar-refractivity contribution is 5.97. The van der Waals surface area contributed by atoms with Crippen LogP contribution >= 0.6 is 0 Å². The molecular formula is C14H19NO5. The van der Waals surface area contributed by atoms with E-state index in [1.165, 1.54) is 19.2 Å². The molecule has 6 nitrogen and oxygen atoms in total. The van der Waals surface area contributed by atoms with Crippen molar-refractivity contribution in [1.29, 1.82) is 0 Å². The van der Waals surface area contributed by atoms with Gasteiger partial charge < -0.3 is 20.3 Å². The molecule has 20 heavy (non-hydrogen) atoms. The first-order chi connectivity index (χ1) is 9.43. The fourth-order valence-corrected chi connectivity index (χ4v) is 1.66. The molecule has 0 aliphatic rings. The molecule has 0 saturated carbocycles. The maximum absolute atomic E-state index is 11.9. The van der Waals surface area contributed by atoms with Gasteiger partial charge in [0.25, 0.3) is 5.91 Å². The lowest BCUT2D eigenvalue weighted by Crippen LogP contribution is -2.28. The van der Waals surface area contributed by atoms with Gasteiger partial charge in [-0.25, -0.2) is 0 Å². The van der Waals surface area contributed by atoms with Crippen molar-refractivity contribution in [3.63, 3.8) is 0 Å². The van der Waals surface area contributed by atoms with E-state index in [9.17, 15) is 14.7 Å². The molecule has 0 radical (unpaired) electrons. The minimum Gasteiger partial charge on any atom is -0.507 e. The minimum absolute atomic E-state index is 0.0513. The third-order valence-corrected chi connectivity index (χ3v) is 2.91. The molecule has 1 rings (SSSR count). The number of hydrogen-bond donors (Lipinski definition) is 3. The molecule has 0 aliphatic heterocycles. The van der Waals surface area contributed by atoms with Crippen LogP contribution in [0.4, 0.5) is 0 Å². The van der Waals surface area contributed by atoms with Crippen LogP contribution < -0.4 is 10.1 Å². The van der Waals surface area contributed by atoms with Crippen LogP contribution in [0.5, 0.6) is 11.5 Å². The van der Waals surface area contributed by atoms with Gasteiger partial charge in [-0.1, -0.05) is 6.92 Å². The van der Waals surface area contributed by atoms with Crippen LogP contribution in [0, 0.1) is 5.92 Å². The van der Waals surface area contributed by atoms with Gasteiger partial charge in [0, 0.05) is 19.0 Å². The zero-order valence-corrected chi connectivity index (χ0v) is 11.5. The SMILES string of the molecule is COc1ccc(C(=O)NCC(C)CCC(=O)O)c(O)c1. The normalized spacial score (nSPS) is 11.7. The summed E-state index contributed by atoms with van der Waals surface area (Å²) in [6, 6.07) is 4.43. The standard InChI is InChI=1S/C14H19NO5/c1-9(3-6-13(17)18)8-15-14(19)11-5-4-10(20-2)7-12(11)16/h4-5,7,9,16H,3,6,8H2,1-2H3,(H,15,19)(H,17,18). The first-order valence-corrected chi connectivity index (χ1v) is 6.31. The summed E-state index contributed by atoms with van der Waals surface area (Å²) in [7, 11) is 1.47.